The molecular formula is C25H20N2O6. The summed E-state index contributed by atoms with van der Waals surface area (Å²) in [6.07, 6.45) is -1.05. The lowest BCUT2D eigenvalue weighted by atomic mass is 9.90. The number of methoxy groups -OCH3 is 1. The number of esters is 1. The molecule has 2 aliphatic rings. The highest BCUT2D eigenvalue weighted by molar-refractivity contribution is 6.24. The summed E-state index contributed by atoms with van der Waals surface area (Å²) in [6, 6.07) is 21.1. The van der Waals surface area contributed by atoms with Crippen molar-refractivity contribution in [1.29, 1.82) is 0 Å². The first-order chi connectivity index (χ1) is 16.0. The minimum atomic E-state index is -1.05. The SMILES string of the molecule is COC(=O)c1ccc(N2C(=O)[C@@H]3[C@H](ON(c4ccccc4)[C@H]3c3ccccc3O)C2=O)cc1. The summed E-state index contributed by atoms with van der Waals surface area (Å²) >= 11 is 0. The number of carbonyl (C=O) groups is 3. The number of hydrogen-bond acceptors (Lipinski definition) is 7. The van der Waals surface area contributed by atoms with Crippen molar-refractivity contribution < 1.29 is 29.1 Å². The van der Waals surface area contributed by atoms with Gasteiger partial charge in [-0.3, -0.25) is 14.4 Å². The summed E-state index contributed by atoms with van der Waals surface area (Å²) in [5.41, 5.74) is 1.78. The van der Waals surface area contributed by atoms with Crippen molar-refractivity contribution in [3.63, 3.8) is 0 Å². The van der Waals surface area contributed by atoms with Crippen molar-refractivity contribution >= 4 is 29.2 Å². The molecule has 3 atom stereocenters. The van der Waals surface area contributed by atoms with Crippen LogP contribution in [0.5, 0.6) is 5.75 Å². The van der Waals surface area contributed by atoms with Crippen LogP contribution >= 0.6 is 0 Å². The molecule has 2 fully saturated rings. The molecule has 1 N–H and O–H groups in total. The molecule has 33 heavy (non-hydrogen) atoms. The normalized spacial score (nSPS) is 21.9. The van der Waals surface area contributed by atoms with Gasteiger partial charge in [0.1, 0.15) is 11.7 Å². The zero-order chi connectivity index (χ0) is 23.1. The number of phenols is 1. The Labute approximate surface area is 189 Å². The molecule has 0 bridgehead atoms. The number of fused-ring (bicyclic) bond motifs is 1. The van der Waals surface area contributed by atoms with Crippen molar-refractivity contribution in [2.45, 2.75) is 12.1 Å². The molecule has 2 saturated heterocycles. The van der Waals surface area contributed by atoms with E-state index in [9.17, 15) is 19.5 Å². The van der Waals surface area contributed by atoms with Gasteiger partial charge < -0.3 is 9.84 Å². The van der Waals surface area contributed by atoms with Crippen molar-refractivity contribution in [2.24, 2.45) is 5.92 Å². The molecule has 0 aromatic heterocycles. The number of hydroxylamine groups is 1. The molecule has 0 aliphatic carbocycles. The standard InChI is InChI=1S/C25H20N2O6/c1-32-25(31)15-11-13-16(14-12-15)26-23(29)20-21(18-9-5-6-10-19(18)28)27(33-22(20)24(26)30)17-7-3-2-4-8-17/h2-14,20-22,28H,1H3/t20-,21-,22-/m0/s1. The van der Waals surface area contributed by atoms with Crippen LogP contribution in [-0.2, 0) is 19.2 Å². The Morgan fingerprint density at radius 3 is 2.21 bits per heavy atom. The molecule has 2 amide bonds. The topological polar surface area (TPSA) is 96.4 Å². The maximum Gasteiger partial charge on any atom is 0.337 e. The zero-order valence-corrected chi connectivity index (χ0v) is 17.6. The van der Waals surface area contributed by atoms with Gasteiger partial charge in [0.15, 0.2) is 6.10 Å². The molecule has 5 rings (SSSR count). The first-order valence-electron chi connectivity index (χ1n) is 10.4. The molecule has 3 aromatic rings. The number of para-hydroxylation sites is 2. The summed E-state index contributed by atoms with van der Waals surface area (Å²) in [7, 11) is 1.28. The van der Waals surface area contributed by atoms with Gasteiger partial charge in [-0.1, -0.05) is 36.4 Å². The van der Waals surface area contributed by atoms with Gasteiger partial charge in [0, 0.05) is 5.56 Å². The van der Waals surface area contributed by atoms with E-state index in [1.54, 1.807) is 18.2 Å². The fourth-order valence-electron chi connectivity index (χ4n) is 4.39. The van der Waals surface area contributed by atoms with Crippen molar-refractivity contribution in [1.82, 2.24) is 0 Å². The summed E-state index contributed by atoms with van der Waals surface area (Å²) in [5, 5.41) is 12.1. The van der Waals surface area contributed by atoms with E-state index in [2.05, 4.69) is 0 Å². The van der Waals surface area contributed by atoms with Crippen LogP contribution in [0.15, 0.2) is 78.9 Å². The molecule has 8 nitrogen and oxygen atoms in total. The van der Waals surface area contributed by atoms with Gasteiger partial charge in [-0.25, -0.2) is 14.8 Å². The smallest absolute Gasteiger partial charge is 0.337 e. The lowest BCUT2D eigenvalue weighted by Crippen LogP contribution is -2.37. The maximum absolute atomic E-state index is 13.6. The average Bonchev–Trinajstić information content (AvgIpc) is 3.35. The number of aromatic hydroxyl groups is 1. The first-order valence-corrected chi connectivity index (χ1v) is 10.4. The minimum absolute atomic E-state index is 0.00816. The Kier molecular flexibility index (Phi) is 5.07. The van der Waals surface area contributed by atoms with E-state index in [-0.39, 0.29) is 5.75 Å². The third-order valence-corrected chi connectivity index (χ3v) is 5.93. The highest BCUT2D eigenvalue weighted by Gasteiger charge is 2.60. The van der Waals surface area contributed by atoms with Crippen LogP contribution in [0.25, 0.3) is 0 Å². The number of ether oxygens (including phenoxy) is 1. The third-order valence-electron chi connectivity index (χ3n) is 5.93. The summed E-state index contributed by atoms with van der Waals surface area (Å²) < 4.78 is 4.70. The maximum atomic E-state index is 13.6. The van der Waals surface area contributed by atoms with E-state index < -0.39 is 35.8 Å². The second-order valence-electron chi connectivity index (χ2n) is 7.77. The van der Waals surface area contributed by atoms with Crippen molar-refractivity contribution in [3.8, 4) is 5.75 Å². The van der Waals surface area contributed by atoms with Gasteiger partial charge in [-0.15, -0.1) is 0 Å². The number of imide groups is 1. The molecule has 0 spiro atoms. The number of carbonyl (C=O) groups excluding carboxylic acids is 3. The second-order valence-corrected chi connectivity index (χ2v) is 7.77. The van der Waals surface area contributed by atoms with Crippen LogP contribution in [0.4, 0.5) is 11.4 Å². The number of nitrogens with zero attached hydrogens (tertiary/aromatic N) is 2. The fourth-order valence-corrected chi connectivity index (χ4v) is 4.39. The van der Waals surface area contributed by atoms with Crippen LogP contribution in [0, 0.1) is 5.92 Å². The lowest BCUT2D eigenvalue weighted by molar-refractivity contribution is -0.126. The van der Waals surface area contributed by atoms with Crippen LogP contribution in [0.2, 0.25) is 0 Å². The molecule has 0 unspecified atom stereocenters. The molecule has 0 radical (unpaired) electrons. The summed E-state index contributed by atoms with van der Waals surface area (Å²) in [4.78, 5) is 45.7. The molecular weight excluding hydrogens is 424 g/mol. The molecule has 0 saturated carbocycles. The van der Waals surface area contributed by atoms with E-state index in [0.717, 1.165) is 4.90 Å². The Balaban J connectivity index is 1.54. The van der Waals surface area contributed by atoms with E-state index >= 15 is 0 Å². The number of phenolic OH excluding ortho intramolecular Hbond substituents is 1. The van der Waals surface area contributed by atoms with Gasteiger partial charge >= 0.3 is 5.97 Å². The Morgan fingerprint density at radius 2 is 1.55 bits per heavy atom. The number of amides is 2. The molecule has 2 aliphatic heterocycles. The van der Waals surface area contributed by atoms with Crippen LogP contribution in [0.3, 0.4) is 0 Å². The van der Waals surface area contributed by atoms with Crippen molar-refractivity contribution in [2.75, 3.05) is 17.1 Å². The predicted octanol–water partition coefficient (Wildman–Crippen LogP) is 3.23. The molecule has 8 heteroatoms. The average molecular weight is 444 g/mol. The van der Waals surface area contributed by atoms with Gasteiger partial charge in [-0.05, 0) is 42.5 Å². The van der Waals surface area contributed by atoms with Crippen molar-refractivity contribution in [3.05, 3.63) is 90.0 Å². The highest BCUT2D eigenvalue weighted by Crippen LogP contribution is 2.49. The van der Waals surface area contributed by atoms with E-state index in [0.29, 0.717) is 22.5 Å². The lowest BCUT2D eigenvalue weighted by Gasteiger charge is -2.29. The quantitative estimate of drug-likeness (QED) is 0.488. The van der Waals surface area contributed by atoms with Gasteiger partial charge in [-0.2, -0.15) is 0 Å². The van der Waals surface area contributed by atoms with E-state index in [1.807, 2.05) is 30.3 Å². The summed E-state index contributed by atoms with van der Waals surface area (Å²) in [5.74, 6) is -2.32. The van der Waals surface area contributed by atoms with E-state index in [1.165, 1.54) is 42.5 Å². The summed E-state index contributed by atoms with van der Waals surface area (Å²) in [6.45, 7) is 0. The van der Waals surface area contributed by atoms with Crippen LogP contribution in [0.1, 0.15) is 22.0 Å². The van der Waals surface area contributed by atoms with E-state index in [4.69, 9.17) is 9.57 Å². The third kappa shape index (κ3) is 3.32. The number of anilines is 2. The van der Waals surface area contributed by atoms with Crippen LogP contribution < -0.4 is 9.96 Å². The predicted molar refractivity (Wildman–Crippen MR) is 118 cm³/mol. The van der Waals surface area contributed by atoms with Crippen LogP contribution in [-0.4, -0.2) is 36.1 Å². The molecule has 2 heterocycles. The monoisotopic (exact) mass is 444 g/mol. The largest absolute Gasteiger partial charge is 0.508 e. The Bertz CT molecular complexity index is 1230. The first kappa shape index (κ1) is 20.7. The Hall–Kier alpha value is -4.17. The Morgan fingerprint density at radius 1 is 0.879 bits per heavy atom. The second kappa shape index (κ2) is 8.07. The zero-order valence-electron chi connectivity index (χ0n) is 17.6. The fraction of sp³-hybridized carbons (Fsp3) is 0.160. The van der Waals surface area contributed by atoms with Gasteiger partial charge in [0.2, 0.25) is 5.91 Å². The molecule has 166 valence electrons. The van der Waals surface area contributed by atoms with Gasteiger partial charge in [0.25, 0.3) is 5.91 Å². The highest BCUT2D eigenvalue weighted by atomic mass is 16.7. The molecule has 3 aromatic carbocycles. The number of hydrogen-bond donors (Lipinski definition) is 1. The minimum Gasteiger partial charge on any atom is -0.508 e. The van der Waals surface area contributed by atoms with Gasteiger partial charge in [0.05, 0.1) is 30.1 Å². The number of benzene rings is 3. The number of rotatable bonds is 4.